The van der Waals surface area contributed by atoms with Crippen molar-refractivity contribution in [1.29, 1.82) is 0 Å². The molecule has 0 aliphatic carbocycles. The average molecular weight is 405 g/mol. The highest BCUT2D eigenvalue weighted by Gasteiger charge is 2.41. The number of benzene rings is 2. The molecule has 1 aliphatic rings. The Morgan fingerprint density at radius 1 is 1.00 bits per heavy atom. The van der Waals surface area contributed by atoms with Gasteiger partial charge in [-0.25, -0.2) is 0 Å². The van der Waals surface area contributed by atoms with Crippen molar-refractivity contribution in [2.45, 2.75) is 19.9 Å². The molecule has 1 atom stereocenters. The Bertz CT molecular complexity index is 962. The summed E-state index contributed by atoms with van der Waals surface area (Å²) in [6.07, 6.45) is 0. The van der Waals surface area contributed by atoms with Crippen LogP contribution in [0.15, 0.2) is 36.4 Å². The second-order valence-corrected chi connectivity index (χ2v) is 6.91. The van der Waals surface area contributed by atoms with E-state index in [2.05, 4.69) is 5.32 Å². The predicted octanol–water partition coefficient (Wildman–Crippen LogP) is 3.82. The quantitative estimate of drug-likeness (QED) is 0.619. The van der Waals surface area contributed by atoms with Gasteiger partial charge in [-0.15, -0.1) is 0 Å². The van der Waals surface area contributed by atoms with Gasteiger partial charge in [-0.2, -0.15) is 0 Å². The Kier molecular flexibility index (Phi) is 5.04. The molecule has 1 aliphatic heterocycles. The van der Waals surface area contributed by atoms with Crippen LogP contribution < -0.4 is 5.32 Å². The molecule has 0 aromatic heterocycles. The molecule has 0 radical (unpaired) electrons. The van der Waals surface area contributed by atoms with E-state index in [1.54, 1.807) is 18.2 Å². The minimum Gasteiger partial charge on any atom is -0.324 e. The first-order chi connectivity index (χ1) is 12.7. The van der Waals surface area contributed by atoms with Crippen molar-refractivity contribution < 1.29 is 19.2 Å². The first-order valence-electron chi connectivity index (χ1n) is 7.99. The van der Waals surface area contributed by atoms with Crippen molar-refractivity contribution in [2.24, 2.45) is 0 Å². The van der Waals surface area contributed by atoms with Crippen LogP contribution in [-0.2, 0) is 4.79 Å². The number of halogens is 2. The number of Topliss-reactive ketones (excluding diaryl/α,β-unsaturated/α-hetero) is 1. The smallest absolute Gasteiger partial charge is 0.262 e. The molecular formula is C19H14Cl2N2O4. The van der Waals surface area contributed by atoms with Crippen LogP contribution in [0.2, 0.25) is 10.0 Å². The summed E-state index contributed by atoms with van der Waals surface area (Å²) < 4.78 is 0. The van der Waals surface area contributed by atoms with E-state index >= 15 is 0 Å². The van der Waals surface area contributed by atoms with Crippen molar-refractivity contribution >= 4 is 52.4 Å². The molecule has 1 unspecified atom stereocenters. The topological polar surface area (TPSA) is 83.6 Å². The van der Waals surface area contributed by atoms with Crippen molar-refractivity contribution in [3.05, 3.63) is 63.1 Å². The third-order valence-electron chi connectivity index (χ3n) is 4.26. The number of nitrogens with one attached hydrogen (secondary N) is 1. The van der Waals surface area contributed by atoms with Gasteiger partial charge in [-0.05, 0) is 38.1 Å². The van der Waals surface area contributed by atoms with Crippen LogP contribution in [0.25, 0.3) is 0 Å². The molecular weight excluding hydrogens is 391 g/mol. The highest BCUT2D eigenvalue weighted by molar-refractivity contribution is 6.43. The maximum Gasteiger partial charge on any atom is 0.262 e. The second-order valence-electron chi connectivity index (χ2n) is 6.09. The second kappa shape index (κ2) is 7.13. The number of hydrogen-bond acceptors (Lipinski definition) is 4. The summed E-state index contributed by atoms with van der Waals surface area (Å²) >= 11 is 11.8. The lowest BCUT2D eigenvalue weighted by Gasteiger charge is -2.21. The molecule has 2 aromatic rings. The predicted molar refractivity (Wildman–Crippen MR) is 102 cm³/mol. The maximum absolute atomic E-state index is 12.6. The molecule has 1 heterocycles. The summed E-state index contributed by atoms with van der Waals surface area (Å²) in [6.45, 7) is 2.85. The van der Waals surface area contributed by atoms with E-state index in [4.69, 9.17) is 23.2 Å². The van der Waals surface area contributed by atoms with Crippen LogP contribution in [0.3, 0.4) is 0 Å². The summed E-state index contributed by atoms with van der Waals surface area (Å²) in [5.41, 5.74) is 1.04. The van der Waals surface area contributed by atoms with Gasteiger partial charge in [0.1, 0.15) is 6.04 Å². The van der Waals surface area contributed by atoms with Gasteiger partial charge in [0.15, 0.2) is 5.78 Å². The lowest BCUT2D eigenvalue weighted by molar-refractivity contribution is -0.119. The Balaban J connectivity index is 1.83. The summed E-state index contributed by atoms with van der Waals surface area (Å²) in [5, 5.41) is 2.91. The summed E-state index contributed by atoms with van der Waals surface area (Å²) in [5.74, 6) is -1.95. The molecule has 3 rings (SSSR count). The highest BCUT2D eigenvalue weighted by atomic mass is 35.5. The van der Waals surface area contributed by atoms with E-state index in [0.29, 0.717) is 11.3 Å². The third-order valence-corrected chi connectivity index (χ3v) is 4.98. The van der Waals surface area contributed by atoms with Crippen LogP contribution in [0.5, 0.6) is 0 Å². The summed E-state index contributed by atoms with van der Waals surface area (Å²) in [4.78, 5) is 50.1. The molecule has 0 saturated carbocycles. The van der Waals surface area contributed by atoms with Crippen LogP contribution >= 0.6 is 23.2 Å². The van der Waals surface area contributed by atoms with Gasteiger partial charge >= 0.3 is 0 Å². The lowest BCUT2D eigenvalue weighted by Crippen LogP contribution is -2.45. The number of rotatable bonds is 4. The van der Waals surface area contributed by atoms with Crippen molar-refractivity contribution in [3.8, 4) is 0 Å². The van der Waals surface area contributed by atoms with E-state index in [-0.39, 0.29) is 27.0 Å². The van der Waals surface area contributed by atoms with Gasteiger partial charge in [0.25, 0.3) is 11.8 Å². The number of hydrogen-bond donors (Lipinski definition) is 1. The maximum atomic E-state index is 12.6. The van der Waals surface area contributed by atoms with E-state index < -0.39 is 23.8 Å². The molecule has 27 heavy (non-hydrogen) atoms. The van der Waals surface area contributed by atoms with E-state index in [9.17, 15) is 19.2 Å². The van der Waals surface area contributed by atoms with Gasteiger partial charge in [-0.1, -0.05) is 35.3 Å². The number of carbonyl (C=O) groups excluding carboxylic acids is 4. The van der Waals surface area contributed by atoms with Gasteiger partial charge in [0.2, 0.25) is 5.91 Å². The zero-order valence-electron chi connectivity index (χ0n) is 14.4. The van der Waals surface area contributed by atoms with Crippen LogP contribution in [0.4, 0.5) is 5.69 Å². The molecule has 138 valence electrons. The molecule has 0 bridgehead atoms. The minimum absolute atomic E-state index is 0.104. The van der Waals surface area contributed by atoms with Crippen LogP contribution in [0.1, 0.15) is 44.9 Å². The molecule has 0 saturated heterocycles. The number of carbonyl (C=O) groups is 4. The summed E-state index contributed by atoms with van der Waals surface area (Å²) in [7, 11) is 0. The molecule has 0 spiro atoms. The molecule has 3 amide bonds. The first kappa shape index (κ1) is 19.1. The monoisotopic (exact) mass is 404 g/mol. The zero-order valence-corrected chi connectivity index (χ0v) is 15.9. The lowest BCUT2D eigenvalue weighted by atomic mass is 10.1. The first-order valence-corrected chi connectivity index (χ1v) is 8.75. The highest BCUT2D eigenvalue weighted by Crippen LogP contribution is 2.32. The Morgan fingerprint density at radius 2 is 1.56 bits per heavy atom. The Morgan fingerprint density at radius 3 is 2.07 bits per heavy atom. The molecule has 6 nitrogen and oxygen atoms in total. The fraction of sp³-hybridized carbons (Fsp3) is 0.158. The van der Waals surface area contributed by atoms with Gasteiger partial charge < -0.3 is 5.32 Å². The van der Waals surface area contributed by atoms with Crippen molar-refractivity contribution in [3.63, 3.8) is 0 Å². The minimum atomic E-state index is -1.07. The Labute approximate surface area is 165 Å². The van der Waals surface area contributed by atoms with E-state index in [1.807, 2.05) is 0 Å². The average Bonchev–Trinajstić information content (AvgIpc) is 2.85. The SMILES string of the molecule is CC(=O)c1cccc(NC(=O)C(C)N2C(=O)c3cc(Cl)c(Cl)cc3C2=O)c1. The van der Waals surface area contributed by atoms with Crippen molar-refractivity contribution in [1.82, 2.24) is 4.90 Å². The Hall–Kier alpha value is -2.70. The normalized spacial score (nSPS) is 14.1. The third kappa shape index (κ3) is 3.46. The van der Waals surface area contributed by atoms with Crippen molar-refractivity contribution in [2.75, 3.05) is 5.32 Å². The zero-order chi connectivity index (χ0) is 19.9. The number of amides is 3. The van der Waals surface area contributed by atoms with E-state index in [1.165, 1.54) is 32.0 Å². The number of fused-ring (bicyclic) bond motifs is 1. The van der Waals surface area contributed by atoms with Crippen LogP contribution in [0, 0.1) is 0 Å². The standard InChI is InChI=1S/C19H14Cl2N2O4/c1-9(17(25)22-12-5-3-4-11(6-12)10(2)24)23-18(26)13-7-15(20)16(21)8-14(13)19(23)27/h3-9H,1-2H3,(H,22,25). The van der Waals surface area contributed by atoms with Gasteiger partial charge in [0.05, 0.1) is 21.2 Å². The van der Waals surface area contributed by atoms with Gasteiger partial charge in [0, 0.05) is 11.3 Å². The summed E-state index contributed by atoms with van der Waals surface area (Å²) in [6, 6.07) is 7.95. The molecule has 0 fully saturated rings. The number of nitrogens with zero attached hydrogens (tertiary/aromatic N) is 1. The fourth-order valence-corrected chi connectivity index (χ4v) is 3.11. The molecule has 1 N–H and O–H groups in total. The number of anilines is 1. The number of ketones is 1. The van der Waals surface area contributed by atoms with Crippen LogP contribution in [-0.4, -0.2) is 34.4 Å². The van der Waals surface area contributed by atoms with Gasteiger partial charge in [-0.3, -0.25) is 24.1 Å². The largest absolute Gasteiger partial charge is 0.324 e. The van der Waals surface area contributed by atoms with E-state index in [0.717, 1.165) is 4.90 Å². The molecule has 2 aromatic carbocycles. The molecule has 8 heteroatoms. The fourth-order valence-electron chi connectivity index (χ4n) is 2.78. The number of imide groups is 1.